The zero-order chi connectivity index (χ0) is 52.8. The molecular weight excluding hydrogens is 986 g/mol. The van der Waals surface area contributed by atoms with E-state index >= 15 is 13.2 Å². The number of para-hydroxylation sites is 2. The first-order valence-electron chi connectivity index (χ1n) is 24.0. The summed E-state index contributed by atoms with van der Waals surface area (Å²) >= 11 is 0. The van der Waals surface area contributed by atoms with E-state index in [9.17, 15) is 26.3 Å². The summed E-state index contributed by atoms with van der Waals surface area (Å²) in [7, 11) is 0. The summed E-state index contributed by atoms with van der Waals surface area (Å²) in [6, 6.07) is 52.0. The average Bonchev–Trinajstić information content (AvgIpc) is 3.97. The molecule has 12 aromatic rings. The summed E-state index contributed by atoms with van der Waals surface area (Å²) in [5, 5.41) is 1.99. The highest BCUT2D eigenvalue weighted by Crippen LogP contribution is 2.48. The van der Waals surface area contributed by atoms with Crippen molar-refractivity contribution in [3.05, 3.63) is 222 Å². The van der Waals surface area contributed by atoms with Gasteiger partial charge in [-0.05, 0) is 102 Å². The van der Waals surface area contributed by atoms with Crippen molar-refractivity contribution < 1.29 is 39.5 Å². The molecule has 0 spiro atoms. The lowest BCUT2D eigenvalue weighted by Crippen LogP contribution is -2.16. The van der Waals surface area contributed by atoms with Gasteiger partial charge in [-0.1, -0.05) is 139 Å². The van der Waals surface area contributed by atoms with Crippen LogP contribution in [0.3, 0.4) is 0 Å². The highest BCUT2D eigenvalue weighted by atomic mass is 19.4. The summed E-state index contributed by atoms with van der Waals surface area (Å²) in [6.07, 6.45) is -15.3. The smallest absolute Gasteiger partial charge is 0.309 e. The number of halogens is 9. The maximum absolute atomic E-state index is 16.9. The van der Waals surface area contributed by atoms with Crippen LogP contribution in [0.5, 0.6) is 0 Å². The number of fused-ring (bicyclic) bond motifs is 6. The lowest BCUT2D eigenvalue weighted by molar-refractivity contribution is -0.143. The van der Waals surface area contributed by atoms with Crippen LogP contribution in [0, 0.1) is 13.8 Å². The highest BCUT2D eigenvalue weighted by Gasteiger charge is 2.41. The molecule has 3 aromatic heterocycles. The molecule has 9 aromatic carbocycles. The Balaban J connectivity index is 1.19. The van der Waals surface area contributed by atoms with Crippen LogP contribution in [0.25, 0.3) is 111 Å². The molecule has 3 heterocycles. The van der Waals surface area contributed by atoms with E-state index in [4.69, 9.17) is 15.0 Å². The quantitative estimate of drug-likeness (QED) is 0.150. The van der Waals surface area contributed by atoms with Gasteiger partial charge in [-0.2, -0.15) is 39.5 Å². The third kappa shape index (κ3) is 8.30. The van der Waals surface area contributed by atoms with E-state index < -0.39 is 40.8 Å². The Morgan fingerprint density at radius 2 is 0.789 bits per heavy atom. The molecule has 0 N–H and O–H groups in total. The number of nitrogens with zero attached hydrogens (tertiary/aromatic N) is 5. The number of benzene rings is 9. The third-order valence-corrected chi connectivity index (χ3v) is 13.8. The minimum atomic E-state index is -5.19. The minimum absolute atomic E-state index is 0.0480. The van der Waals surface area contributed by atoms with Crippen LogP contribution in [0.15, 0.2) is 194 Å². The highest BCUT2D eigenvalue weighted by molar-refractivity contribution is 6.12. The van der Waals surface area contributed by atoms with Gasteiger partial charge < -0.3 is 9.13 Å². The van der Waals surface area contributed by atoms with E-state index in [1.54, 1.807) is 41.0 Å². The Bertz CT molecular complexity index is 4210. The summed E-state index contributed by atoms with van der Waals surface area (Å²) in [6.45, 7) is 4.01. The molecule has 12 rings (SSSR count). The second kappa shape index (κ2) is 17.8. The van der Waals surface area contributed by atoms with Gasteiger partial charge in [-0.3, -0.25) is 0 Å². The molecular formula is C62H38F9N5. The summed E-state index contributed by atoms with van der Waals surface area (Å²) < 4.78 is 139. The normalized spacial score (nSPS) is 12.4. The predicted molar refractivity (Wildman–Crippen MR) is 280 cm³/mol. The van der Waals surface area contributed by atoms with Crippen LogP contribution in [-0.2, 0) is 18.5 Å². The average molecular weight is 1020 g/mol. The molecule has 0 atom stereocenters. The maximum atomic E-state index is 16.9. The van der Waals surface area contributed by atoms with Crippen LogP contribution >= 0.6 is 0 Å². The molecule has 0 fully saturated rings. The lowest BCUT2D eigenvalue weighted by atomic mass is 9.95. The molecule has 0 saturated carbocycles. The van der Waals surface area contributed by atoms with Crippen LogP contribution in [-0.4, -0.2) is 24.1 Å². The van der Waals surface area contributed by atoms with Crippen molar-refractivity contribution >= 4 is 43.6 Å². The first-order valence-corrected chi connectivity index (χ1v) is 24.0. The molecule has 0 saturated heterocycles. The molecule has 0 aliphatic carbocycles. The first kappa shape index (κ1) is 47.9. The Labute approximate surface area is 427 Å². The SMILES string of the molecule is Cc1ccc(-c2ccc3c(c2)c2ccccc2n3-c2cc(-c3nc(-c4ccccc4)nc(-c4ccccc4)n3)cc(-n3c4ccccc4c4cc(-c5ccc(C(F)(F)F)cc5C(F)(F)F)ccc43)c2C(F)(F)F)c(C)c1. The van der Waals surface area contributed by atoms with E-state index in [0.29, 0.717) is 44.4 Å². The van der Waals surface area contributed by atoms with E-state index in [2.05, 4.69) is 6.07 Å². The van der Waals surface area contributed by atoms with Gasteiger partial charge >= 0.3 is 18.5 Å². The van der Waals surface area contributed by atoms with Crippen LogP contribution in [0.2, 0.25) is 0 Å². The maximum Gasteiger partial charge on any atom is 0.420 e. The van der Waals surface area contributed by atoms with Gasteiger partial charge in [-0.25, -0.2) is 15.0 Å². The van der Waals surface area contributed by atoms with Crippen LogP contribution < -0.4 is 0 Å². The fourth-order valence-electron chi connectivity index (χ4n) is 10.5. The first-order chi connectivity index (χ1) is 36.4. The second-order valence-electron chi connectivity index (χ2n) is 18.7. The molecule has 0 aliphatic rings. The van der Waals surface area contributed by atoms with Gasteiger partial charge in [-0.15, -0.1) is 0 Å². The van der Waals surface area contributed by atoms with Crippen molar-refractivity contribution in [1.29, 1.82) is 0 Å². The van der Waals surface area contributed by atoms with Crippen molar-refractivity contribution in [2.75, 3.05) is 0 Å². The monoisotopic (exact) mass is 1020 g/mol. The number of aryl methyl sites for hydroxylation is 2. The largest absolute Gasteiger partial charge is 0.420 e. The summed E-state index contributed by atoms with van der Waals surface area (Å²) in [5.74, 6) is 0.565. The molecule has 0 unspecified atom stereocenters. The molecule has 5 nitrogen and oxygen atoms in total. The number of rotatable bonds is 7. The van der Waals surface area contributed by atoms with Gasteiger partial charge in [0.1, 0.15) is 5.56 Å². The summed E-state index contributed by atoms with van der Waals surface area (Å²) in [5.41, 5.74) is 1.43. The number of hydrogen-bond acceptors (Lipinski definition) is 3. The van der Waals surface area contributed by atoms with E-state index in [0.717, 1.165) is 28.3 Å². The van der Waals surface area contributed by atoms with E-state index in [-0.39, 0.29) is 62.5 Å². The number of alkyl halides is 9. The molecule has 374 valence electrons. The number of hydrogen-bond donors (Lipinski definition) is 0. The molecule has 0 radical (unpaired) electrons. The van der Waals surface area contributed by atoms with Crippen molar-refractivity contribution in [1.82, 2.24) is 24.1 Å². The van der Waals surface area contributed by atoms with Gasteiger partial charge in [0.2, 0.25) is 0 Å². The van der Waals surface area contributed by atoms with Crippen LogP contribution in [0.1, 0.15) is 27.8 Å². The fourth-order valence-corrected chi connectivity index (χ4v) is 10.5. The Kier molecular flexibility index (Phi) is 11.2. The van der Waals surface area contributed by atoms with Gasteiger partial charge in [0, 0.05) is 38.2 Å². The Hall–Kier alpha value is -9.04. The predicted octanol–water partition coefficient (Wildman–Crippen LogP) is 18.1. The van der Waals surface area contributed by atoms with Crippen molar-refractivity contribution in [2.24, 2.45) is 0 Å². The zero-order valence-electron chi connectivity index (χ0n) is 40.1. The van der Waals surface area contributed by atoms with Gasteiger partial charge in [0.25, 0.3) is 0 Å². The minimum Gasteiger partial charge on any atom is -0.309 e. The molecule has 0 amide bonds. The number of aromatic nitrogens is 5. The second-order valence-corrected chi connectivity index (χ2v) is 18.7. The van der Waals surface area contributed by atoms with E-state index in [1.807, 2.05) is 117 Å². The summed E-state index contributed by atoms with van der Waals surface area (Å²) in [4.78, 5) is 14.8. The molecule has 76 heavy (non-hydrogen) atoms. The van der Waals surface area contributed by atoms with Crippen molar-refractivity contribution in [3.63, 3.8) is 0 Å². The lowest BCUT2D eigenvalue weighted by Gasteiger charge is -2.23. The standard InChI is InChI=1S/C62H38F9N5/c1-35-21-25-43(36(2)29-35)39-22-27-52-47(30-39)45-17-9-11-19-50(45)75(52)54-32-41(59-73-57(37-13-5-3-6-14-37)72-58(74-59)38-15-7-4-8-16-38)33-55(56(54)62(69,70)71)76-51-20-12-10-18-46(51)48-31-40(23-28-53(48)76)44-26-24-42(60(63,64)65)34-49(44)61(66,67)68/h3-34H,1-2H3. The van der Waals surface area contributed by atoms with Gasteiger partial charge in [0.15, 0.2) is 17.5 Å². The van der Waals surface area contributed by atoms with Crippen molar-refractivity contribution in [3.8, 4) is 67.8 Å². The van der Waals surface area contributed by atoms with E-state index in [1.165, 1.54) is 34.9 Å². The van der Waals surface area contributed by atoms with Gasteiger partial charge in [0.05, 0.1) is 44.6 Å². The molecule has 0 aliphatic heterocycles. The third-order valence-electron chi connectivity index (χ3n) is 13.8. The Morgan fingerprint density at radius 1 is 0.342 bits per heavy atom. The molecule has 14 heteroatoms. The zero-order valence-corrected chi connectivity index (χ0v) is 40.1. The fraction of sp³-hybridized carbons (Fsp3) is 0.0806. The Morgan fingerprint density at radius 3 is 1.26 bits per heavy atom. The van der Waals surface area contributed by atoms with Crippen LogP contribution in [0.4, 0.5) is 39.5 Å². The van der Waals surface area contributed by atoms with Crippen molar-refractivity contribution in [2.45, 2.75) is 32.4 Å². The molecule has 0 bridgehead atoms. The topological polar surface area (TPSA) is 48.5 Å².